The molecule has 0 saturated carbocycles. The molecule has 0 N–H and O–H groups in total. The van der Waals surface area contributed by atoms with Crippen LogP contribution in [-0.2, 0) is 0 Å². The van der Waals surface area contributed by atoms with Gasteiger partial charge in [0.2, 0.25) is 0 Å². The van der Waals surface area contributed by atoms with Crippen LogP contribution in [0.25, 0.3) is 10.8 Å². The number of nitrogens with zero attached hydrogens (tertiary/aromatic N) is 2. The van der Waals surface area contributed by atoms with Gasteiger partial charge in [0.15, 0.2) is 0 Å². The second-order valence-electron chi connectivity index (χ2n) is 5.63. The zero-order valence-corrected chi connectivity index (χ0v) is 11.1. The molecule has 2 heteroatoms. The summed E-state index contributed by atoms with van der Waals surface area (Å²) >= 11 is 0. The Morgan fingerprint density at radius 3 is 2.50 bits per heavy atom. The largest absolute Gasteiger partial charge is 0.259 e. The van der Waals surface area contributed by atoms with Crippen LogP contribution in [-0.4, -0.2) is 11.3 Å². The highest BCUT2D eigenvalue weighted by Gasteiger charge is 2.33. The Balaban J connectivity index is 2.21. The molecule has 0 bridgehead atoms. The van der Waals surface area contributed by atoms with Crippen molar-refractivity contribution in [3.05, 3.63) is 42.5 Å². The molecule has 1 aliphatic heterocycles. The second-order valence-corrected chi connectivity index (χ2v) is 5.63. The molecule has 1 heterocycles. The smallest absolute Gasteiger partial charge is 0.0678 e. The van der Waals surface area contributed by atoms with Gasteiger partial charge in [0.05, 0.1) is 11.2 Å². The SMILES string of the molecule is CC1=NN(c2cccc3ccccc23)C(C)(C)C1. The van der Waals surface area contributed by atoms with Crippen LogP contribution in [0.4, 0.5) is 5.69 Å². The van der Waals surface area contributed by atoms with Crippen LogP contribution >= 0.6 is 0 Å². The van der Waals surface area contributed by atoms with Crippen LogP contribution < -0.4 is 5.01 Å². The van der Waals surface area contributed by atoms with Crippen molar-refractivity contribution in [3.63, 3.8) is 0 Å². The normalized spacial score (nSPS) is 18.2. The van der Waals surface area contributed by atoms with Gasteiger partial charge in [0, 0.05) is 17.5 Å². The van der Waals surface area contributed by atoms with Crippen LogP contribution in [0.5, 0.6) is 0 Å². The Morgan fingerprint density at radius 1 is 1.06 bits per heavy atom. The van der Waals surface area contributed by atoms with E-state index in [2.05, 4.69) is 68.2 Å². The van der Waals surface area contributed by atoms with E-state index < -0.39 is 0 Å². The van der Waals surface area contributed by atoms with Gasteiger partial charge in [-0.3, -0.25) is 5.01 Å². The van der Waals surface area contributed by atoms with Crippen LogP contribution in [0.2, 0.25) is 0 Å². The van der Waals surface area contributed by atoms with E-state index in [1.165, 1.54) is 22.2 Å². The summed E-state index contributed by atoms with van der Waals surface area (Å²) in [7, 11) is 0. The lowest BCUT2D eigenvalue weighted by molar-refractivity contribution is 0.517. The summed E-state index contributed by atoms with van der Waals surface area (Å²) in [5, 5.41) is 9.42. The topological polar surface area (TPSA) is 15.6 Å². The quantitative estimate of drug-likeness (QED) is 0.726. The Bertz CT molecular complexity index is 621. The second kappa shape index (κ2) is 3.84. The summed E-state index contributed by atoms with van der Waals surface area (Å²) in [5.41, 5.74) is 2.47. The summed E-state index contributed by atoms with van der Waals surface area (Å²) in [6.07, 6.45) is 1.02. The highest BCUT2D eigenvalue weighted by Crippen LogP contribution is 2.36. The van der Waals surface area contributed by atoms with E-state index in [9.17, 15) is 0 Å². The van der Waals surface area contributed by atoms with Crippen LogP contribution in [0.15, 0.2) is 47.6 Å². The summed E-state index contributed by atoms with van der Waals surface area (Å²) < 4.78 is 0. The van der Waals surface area contributed by atoms with Crippen LogP contribution in [0.1, 0.15) is 27.2 Å². The van der Waals surface area contributed by atoms with Crippen molar-refractivity contribution in [2.45, 2.75) is 32.7 Å². The fraction of sp³-hybridized carbons (Fsp3) is 0.312. The minimum absolute atomic E-state index is 0.0637. The van der Waals surface area contributed by atoms with Crippen LogP contribution in [0.3, 0.4) is 0 Å². The van der Waals surface area contributed by atoms with E-state index in [0.29, 0.717) is 0 Å². The summed E-state index contributed by atoms with van der Waals surface area (Å²) in [6.45, 7) is 6.59. The predicted octanol–water partition coefficient (Wildman–Crippen LogP) is 4.20. The fourth-order valence-corrected chi connectivity index (χ4v) is 2.82. The molecular formula is C16H18N2. The maximum Gasteiger partial charge on any atom is 0.0678 e. The lowest BCUT2D eigenvalue weighted by Gasteiger charge is -2.31. The molecule has 0 fully saturated rings. The van der Waals surface area contributed by atoms with Gasteiger partial charge in [-0.05, 0) is 32.2 Å². The molecule has 2 nitrogen and oxygen atoms in total. The Kier molecular flexibility index (Phi) is 2.40. The van der Waals surface area contributed by atoms with Crippen molar-refractivity contribution in [3.8, 4) is 0 Å². The first kappa shape index (κ1) is 11.3. The predicted molar refractivity (Wildman–Crippen MR) is 78.2 cm³/mol. The first-order chi connectivity index (χ1) is 8.58. The van der Waals surface area contributed by atoms with Gasteiger partial charge in [0.1, 0.15) is 0 Å². The highest BCUT2D eigenvalue weighted by molar-refractivity contribution is 5.96. The number of anilines is 1. The molecule has 3 rings (SSSR count). The Morgan fingerprint density at radius 2 is 1.78 bits per heavy atom. The van der Waals surface area contributed by atoms with Gasteiger partial charge >= 0.3 is 0 Å². The highest BCUT2D eigenvalue weighted by atomic mass is 15.5. The number of benzene rings is 2. The summed E-state index contributed by atoms with van der Waals surface area (Å²) in [4.78, 5) is 0. The third-order valence-corrected chi connectivity index (χ3v) is 3.53. The molecule has 18 heavy (non-hydrogen) atoms. The number of hydrazone groups is 1. The molecule has 0 aliphatic carbocycles. The molecule has 0 atom stereocenters. The monoisotopic (exact) mass is 238 g/mol. The van der Waals surface area contributed by atoms with E-state index in [-0.39, 0.29) is 5.54 Å². The molecule has 0 radical (unpaired) electrons. The third kappa shape index (κ3) is 1.69. The van der Waals surface area contributed by atoms with Crippen molar-refractivity contribution in [2.75, 3.05) is 5.01 Å². The first-order valence-corrected chi connectivity index (χ1v) is 6.40. The zero-order chi connectivity index (χ0) is 12.8. The minimum atomic E-state index is 0.0637. The number of hydrogen-bond donors (Lipinski definition) is 0. The standard InChI is InChI=1S/C16H18N2/c1-12-11-16(2,3)18(17-12)15-10-6-8-13-7-4-5-9-14(13)15/h4-10H,11H2,1-3H3. The Hall–Kier alpha value is -1.83. The van der Waals surface area contributed by atoms with Crippen molar-refractivity contribution < 1.29 is 0 Å². The number of fused-ring (bicyclic) bond motifs is 1. The molecular weight excluding hydrogens is 220 g/mol. The van der Waals surface area contributed by atoms with E-state index in [1.807, 2.05) is 0 Å². The average Bonchev–Trinajstić information content (AvgIpc) is 2.61. The first-order valence-electron chi connectivity index (χ1n) is 6.40. The molecule has 0 saturated heterocycles. The fourth-order valence-electron chi connectivity index (χ4n) is 2.82. The van der Waals surface area contributed by atoms with Gasteiger partial charge < -0.3 is 0 Å². The number of hydrogen-bond acceptors (Lipinski definition) is 2. The van der Waals surface area contributed by atoms with Crippen molar-refractivity contribution in [1.29, 1.82) is 0 Å². The van der Waals surface area contributed by atoms with Gasteiger partial charge in [-0.1, -0.05) is 36.4 Å². The Labute approximate surface area is 108 Å². The lowest BCUT2D eigenvalue weighted by atomic mass is 9.97. The van der Waals surface area contributed by atoms with Gasteiger partial charge in [0.25, 0.3) is 0 Å². The average molecular weight is 238 g/mol. The van der Waals surface area contributed by atoms with Crippen molar-refractivity contribution in [2.24, 2.45) is 5.10 Å². The minimum Gasteiger partial charge on any atom is -0.259 e. The molecule has 0 spiro atoms. The zero-order valence-electron chi connectivity index (χ0n) is 11.1. The van der Waals surface area contributed by atoms with E-state index in [1.54, 1.807) is 0 Å². The van der Waals surface area contributed by atoms with Crippen LogP contribution in [0, 0.1) is 0 Å². The van der Waals surface area contributed by atoms with E-state index >= 15 is 0 Å². The lowest BCUT2D eigenvalue weighted by Crippen LogP contribution is -2.36. The van der Waals surface area contributed by atoms with Gasteiger partial charge in [-0.2, -0.15) is 5.10 Å². The van der Waals surface area contributed by atoms with Crippen molar-refractivity contribution >= 4 is 22.2 Å². The van der Waals surface area contributed by atoms with E-state index in [0.717, 1.165) is 6.42 Å². The maximum absolute atomic E-state index is 4.71. The molecule has 0 amide bonds. The molecule has 2 aromatic rings. The maximum atomic E-state index is 4.71. The summed E-state index contributed by atoms with van der Waals surface area (Å²) in [6, 6.07) is 14.9. The van der Waals surface area contributed by atoms with Gasteiger partial charge in [-0.15, -0.1) is 0 Å². The summed E-state index contributed by atoms with van der Waals surface area (Å²) in [5.74, 6) is 0. The number of rotatable bonds is 1. The molecule has 2 aromatic carbocycles. The van der Waals surface area contributed by atoms with Crippen molar-refractivity contribution in [1.82, 2.24) is 0 Å². The molecule has 92 valence electrons. The van der Waals surface area contributed by atoms with Gasteiger partial charge in [-0.25, -0.2) is 0 Å². The van der Waals surface area contributed by atoms with E-state index in [4.69, 9.17) is 5.10 Å². The third-order valence-electron chi connectivity index (χ3n) is 3.53. The molecule has 1 aliphatic rings. The molecule has 0 aromatic heterocycles. The molecule has 0 unspecified atom stereocenters.